The Morgan fingerprint density at radius 3 is 2.37 bits per heavy atom. The average Bonchev–Trinajstić information content (AvgIpc) is 3.02. The van der Waals surface area contributed by atoms with E-state index in [2.05, 4.69) is 61.2 Å². The third-order valence-electron chi connectivity index (χ3n) is 6.73. The van der Waals surface area contributed by atoms with Crippen LogP contribution in [0.15, 0.2) is 122 Å². The maximum Gasteiger partial charge on any atom is 0.282 e. The van der Waals surface area contributed by atoms with Crippen molar-refractivity contribution in [2.24, 2.45) is 5.10 Å². The first kappa shape index (κ1) is 26.9. The van der Waals surface area contributed by atoms with E-state index in [1.165, 1.54) is 4.68 Å². The molecule has 6 nitrogen and oxygen atoms in total. The van der Waals surface area contributed by atoms with Crippen molar-refractivity contribution in [2.75, 3.05) is 7.11 Å². The van der Waals surface area contributed by atoms with Gasteiger partial charge in [0.2, 0.25) is 0 Å². The van der Waals surface area contributed by atoms with Crippen molar-refractivity contribution in [2.45, 2.75) is 6.61 Å². The molecule has 6 aromatic rings. The van der Waals surface area contributed by atoms with Crippen LogP contribution >= 0.6 is 31.9 Å². The van der Waals surface area contributed by atoms with Gasteiger partial charge >= 0.3 is 0 Å². The van der Waals surface area contributed by atoms with Gasteiger partial charge in [-0.25, -0.2) is 4.98 Å². The molecule has 1 heterocycles. The van der Waals surface area contributed by atoms with E-state index in [0.717, 1.165) is 21.9 Å². The summed E-state index contributed by atoms with van der Waals surface area (Å²) < 4.78 is 14.7. The number of hydrogen-bond donors (Lipinski definition) is 0. The molecule has 0 unspecified atom stereocenters. The number of nitrogens with zero attached hydrogens (tertiary/aromatic N) is 3. The molecule has 0 amide bonds. The number of fused-ring (bicyclic) bond motifs is 2. The van der Waals surface area contributed by atoms with Gasteiger partial charge in [-0.3, -0.25) is 4.79 Å². The van der Waals surface area contributed by atoms with E-state index in [9.17, 15) is 4.79 Å². The predicted octanol–water partition coefficient (Wildman–Crippen LogP) is 8.21. The minimum atomic E-state index is -0.261. The maximum atomic E-state index is 13.5. The van der Waals surface area contributed by atoms with Gasteiger partial charge in [0.1, 0.15) is 6.61 Å². The molecule has 8 heteroatoms. The van der Waals surface area contributed by atoms with Gasteiger partial charge in [0.25, 0.3) is 5.56 Å². The highest BCUT2D eigenvalue weighted by molar-refractivity contribution is 9.13. The lowest BCUT2D eigenvalue weighted by atomic mass is 10.1. The topological polar surface area (TPSA) is 65.7 Å². The van der Waals surface area contributed by atoms with Crippen LogP contribution in [0.2, 0.25) is 0 Å². The zero-order valence-electron chi connectivity index (χ0n) is 21.9. The number of rotatable bonds is 7. The number of ether oxygens (including phenoxy) is 2. The fraction of sp³-hybridized carbons (Fsp3) is 0.0606. The smallest absolute Gasteiger partial charge is 0.282 e. The van der Waals surface area contributed by atoms with Crippen LogP contribution in [0.25, 0.3) is 33.1 Å². The van der Waals surface area contributed by atoms with E-state index in [4.69, 9.17) is 14.5 Å². The number of para-hydroxylation sites is 1. The normalized spacial score (nSPS) is 11.4. The molecule has 0 spiro atoms. The fourth-order valence-corrected chi connectivity index (χ4v) is 5.61. The van der Waals surface area contributed by atoms with Gasteiger partial charge < -0.3 is 9.47 Å². The summed E-state index contributed by atoms with van der Waals surface area (Å²) >= 11 is 7.36. The minimum Gasteiger partial charge on any atom is -0.493 e. The first-order valence-electron chi connectivity index (χ1n) is 12.8. The second kappa shape index (κ2) is 11.7. The van der Waals surface area contributed by atoms with Crippen LogP contribution in [-0.4, -0.2) is 23.0 Å². The zero-order valence-corrected chi connectivity index (χ0v) is 25.1. The monoisotopic (exact) mass is 667 g/mol. The predicted molar refractivity (Wildman–Crippen MR) is 171 cm³/mol. The maximum absolute atomic E-state index is 13.5. The summed E-state index contributed by atoms with van der Waals surface area (Å²) in [6, 6.07) is 33.0. The van der Waals surface area contributed by atoms with Crippen molar-refractivity contribution < 1.29 is 9.47 Å². The highest BCUT2D eigenvalue weighted by atomic mass is 79.9. The Kier molecular flexibility index (Phi) is 7.67. The molecule has 0 aliphatic carbocycles. The van der Waals surface area contributed by atoms with Crippen LogP contribution < -0.4 is 15.0 Å². The van der Waals surface area contributed by atoms with E-state index in [-0.39, 0.29) is 5.56 Å². The van der Waals surface area contributed by atoms with E-state index >= 15 is 0 Å². The summed E-state index contributed by atoms with van der Waals surface area (Å²) in [5, 5.41) is 7.38. The summed E-state index contributed by atoms with van der Waals surface area (Å²) in [7, 11) is 1.59. The van der Waals surface area contributed by atoms with Crippen LogP contribution in [0.4, 0.5) is 0 Å². The van der Waals surface area contributed by atoms with Crippen molar-refractivity contribution >= 4 is 59.7 Å². The molecule has 6 rings (SSSR count). The number of benzene rings is 5. The first-order valence-corrected chi connectivity index (χ1v) is 14.4. The van der Waals surface area contributed by atoms with Crippen molar-refractivity contribution in [1.29, 1.82) is 0 Å². The molecular formula is C33H23Br2N3O3. The summed E-state index contributed by atoms with van der Waals surface area (Å²) in [5.41, 5.74) is 2.88. The van der Waals surface area contributed by atoms with Gasteiger partial charge in [-0.05, 0) is 66.4 Å². The molecule has 41 heavy (non-hydrogen) atoms. The molecule has 0 saturated heterocycles. The van der Waals surface area contributed by atoms with Crippen LogP contribution in [0, 0.1) is 0 Å². The molecule has 0 bridgehead atoms. The van der Waals surface area contributed by atoms with Gasteiger partial charge in [-0.1, -0.05) is 84.9 Å². The van der Waals surface area contributed by atoms with Crippen molar-refractivity contribution in [3.05, 3.63) is 134 Å². The summed E-state index contributed by atoms with van der Waals surface area (Å²) in [4.78, 5) is 18.3. The zero-order chi connectivity index (χ0) is 28.3. The summed E-state index contributed by atoms with van der Waals surface area (Å²) in [6.07, 6.45) is 1.61. The molecule has 202 valence electrons. The molecule has 1 aromatic heterocycles. The average molecular weight is 669 g/mol. The Balaban J connectivity index is 1.39. The van der Waals surface area contributed by atoms with Crippen LogP contribution in [0.3, 0.4) is 0 Å². The molecular weight excluding hydrogens is 646 g/mol. The van der Waals surface area contributed by atoms with Crippen LogP contribution in [0.1, 0.15) is 11.1 Å². The molecule has 0 radical (unpaired) electrons. The molecule has 0 aliphatic rings. The van der Waals surface area contributed by atoms with Crippen molar-refractivity contribution in [3.63, 3.8) is 0 Å². The standard InChI is InChI=1S/C33H23Br2N3O3/c1-40-28-18-24(29(34)30(35)31(28)41-20-23-14-9-13-21-10-5-6-15-25(21)23)19-36-38-32(22-11-3-2-4-12-22)37-27-17-8-7-16-26(27)33(38)39/h2-19H,20H2,1H3. The lowest BCUT2D eigenvalue weighted by molar-refractivity contribution is 0.283. The van der Waals surface area contributed by atoms with Gasteiger partial charge in [-0.15, -0.1) is 0 Å². The molecule has 0 fully saturated rings. The van der Waals surface area contributed by atoms with Crippen molar-refractivity contribution in [1.82, 2.24) is 9.66 Å². The fourth-order valence-electron chi connectivity index (χ4n) is 4.68. The third-order valence-corrected chi connectivity index (χ3v) is 8.87. The third kappa shape index (κ3) is 5.28. The Hall–Kier alpha value is -4.27. The van der Waals surface area contributed by atoms with Crippen LogP contribution in [-0.2, 0) is 6.61 Å². The molecule has 0 saturated carbocycles. The molecule has 0 atom stereocenters. The number of hydrogen-bond acceptors (Lipinski definition) is 5. The largest absolute Gasteiger partial charge is 0.493 e. The highest BCUT2D eigenvalue weighted by Gasteiger charge is 2.18. The lowest BCUT2D eigenvalue weighted by Crippen LogP contribution is -2.20. The Morgan fingerprint density at radius 2 is 1.56 bits per heavy atom. The number of aromatic nitrogens is 2. The van der Waals surface area contributed by atoms with Gasteiger partial charge in [0, 0.05) is 15.6 Å². The number of methoxy groups -OCH3 is 1. The SMILES string of the molecule is COc1cc(C=Nn2c(-c3ccccc3)nc3ccccc3c2=O)c(Br)c(Br)c1OCc1cccc2ccccc12. The Labute approximate surface area is 253 Å². The van der Waals surface area contributed by atoms with Crippen LogP contribution in [0.5, 0.6) is 11.5 Å². The lowest BCUT2D eigenvalue weighted by Gasteiger charge is -2.16. The molecule has 0 aliphatic heterocycles. The highest BCUT2D eigenvalue weighted by Crippen LogP contribution is 2.43. The summed E-state index contributed by atoms with van der Waals surface area (Å²) in [5.74, 6) is 1.52. The minimum absolute atomic E-state index is 0.261. The van der Waals surface area contributed by atoms with E-state index in [1.54, 1.807) is 19.4 Å². The van der Waals surface area contributed by atoms with E-state index in [0.29, 0.717) is 49.3 Å². The number of halogens is 2. The molecule has 5 aromatic carbocycles. The first-order chi connectivity index (χ1) is 20.0. The van der Waals surface area contributed by atoms with Gasteiger partial charge in [0.15, 0.2) is 17.3 Å². The second-order valence-corrected chi connectivity index (χ2v) is 10.8. The molecule has 0 N–H and O–H groups in total. The quantitative estimate of drug-likeness (QED) is 0.161. The Bertz CT molecular complexity index is 1980. The second-order valence-electron chi connectivity index (χ2n) is 9.23. The van der Waals surface area contributed by atoms with E-state index in [1.807, 2.05) is 72.8 Å². The van der Waals surface area contributed by atoms with Gasteiger partial charge in [0.05, 0.1) is 28.7 Å². The van der Waals surface area contributed by atoms with E-state index < -0.39 is 0 Å². The Morgan fingerprint density at radius 1 is 0.854 bits per heavy atom. The van der Waals surface area contributed by atoms with Crippen molar-refractivity contribution in [3.8, 4) is 22.9 Å². The summed E-state index contributed by atoms with van der Waals surface area (Å²) in [6.45, 7) is 0.356. The van der Waals surface area contributed by atoms with Gasteiger partial charge in [-0.2, -0.15) is 9.78 Å².